The molecule has 164 valence electrons. The van der Waals surface area contributed by atoms with E-state index in [4.69, 9.17) is 14.2 Å². The Balaban J connectivity index is 2.02. The molecule has 8 heteroatoms. The van der Waals surface area contributed by atoms with Gasteiger partial charge in [0.15, 0.2) is 23.0 Å². The molecule has 0 spiro atoms. The fourth-order valence-electron chi connectivity index (χ4n) is 2.63. The number of halogens is 2. The minimum absolute atomic E-state index is 0.0691. The molecule has 0 radical (unpaired) electrons. The number of carbonyl (C=O) groups excluding carboxylic acids is 1. The van der Waals surface area contributed by atoms with Crippen molar-refractivity contribution in [2.45, 2.75) is 33.4 Å². The van der Waals surface area contributed by atoms with Crippen molar-refractivity contribution in [1.29, 1.82) is 0 Å². The number of benzene rings is 2. The summed E-state index contributed by atoms with van der Waals surface area (Å²) in [5.74, 6) is 1.35. The molecule has 2 aromatic carbocycles. The lowest BCUT2D eigenvalue weighted by Crippen LogP contribution is -2.22. The van der Waals surface area contributed by atoms with Gasteiger partial charge in [0.05, 0.1) is 20.8 Å². The number of carbonyl (C=O) groups is 1. The fraction of sp³-hybridized carbons (Fsp3) is 0.409. The number of nitrogens with one attached hydrogen (secondary N) is 1. The van der Waals surface area contributed by atoms with Crippen LogP contribution in [0.4, 0.5) is 8.78 Å². The summed E-state index contributed by atoms with van der Waals surface area (Å²) in [4.78, 5) is 12.5. The summed E-state index contributed by atoms with van der Waals surface area (Å²) in [6.45, 7) is 2.02. The van der Waals surface area contributed by atoms with Crippen LogP contribution in [0.2, 0.25) is 0 Å². The SMILES string of the molecule is COc1cc(C(=O)NCc2ccc(OC(F)F)c(OC)c2)ccc1OCCC(C)C. The van der Waals surface area contributed by atoms with Gasteiger partial charge in [-0.25, -0.2) is 0 Å². The number of ether oxygens (including phenoxy) is 4. The molecule has 0 aliphatic rings. The summed E-state index contributed by atoms with van der Waals surface area (Å²) in [5, 5.41) is 2.78. The Kier molecular flexibility index (Phi) is 8.70. The molecule has 1 N–H and O–H groups in total. The van der Waals surface area contributed by atoms with E-state index in [-0.39, 0.29) is 24.0 Å². The van der Waals surface area contributed by atoms with Crippen molar-refractivity contribution in [3.05, 3.63) is 47.5 Å². The van der Waals surface area contributed by atoms with Gasteiger partial charge in [-0.05, 0) is 48.2 Å². The molecule has 0 atom stereocenters. The van der Waals surface area contributed by atoms with E-state index in [1.807, 2.05) is 0 Å². The Bertz CT molecular complexity index is 842. The van der Waals surface area contributed by atoms with Crippen LogP contribution in [0.3, 0.4) is 0 Å². The molecule has 30 heavy (non-hydrogen) atoms. The van der Waals surface area contributed by atoms with Crippen molar-refractivity contribution in [2.24, 2.45) is 5.92 Å². The van der Waals surface area contributed by atoms with Crippen molar-refractivity contribution >= 4 is 5.91 Å². The first kappa shape index (κ1) is 23.3. The molecule has 0 unspecified atom stereocenters. The molecule has 0 heterocycles. The van der Waals surface area contributed by atoms with Crippen LogP contribution in [0.5, 0.6) is 23.0 Å². The molecule has 0 saturated carbocycles. The molecule has 1 amide bonds. The predicted molar refractivity (Wildman–Crippen MR) is 109 cm³/mol. The van der Waals surface area contributed by atoms with Crippen molar-refractivity contribution in [2.75, 3.05) is 20.8 Å². The Labute approximate surface area is 175 Å². The van der Waals surface area contributed by atoms with Crippen LogP contribution in [0.1, 0.15) is 36.2 Å². The highest BCUT2D eigenvalue weighted by atomic mass is 19.3. The van der Waals surface area contributed by atoms with E-state index in [1.165, 1.54) is 26.4 Å². The zero-order valence-electron chi connectivity index (χ0n) is 17.5. The van der Waals surface area contributed by atoms with Gasteiger partial charge in [0.25, 0.3) is 5.91 Å². The first-order valence-electron chi connectivity index (χ1n) is 9.54. The molecular weight excluding hydrogens is 396 g/mol. The highest BCUT2D eigenvalue weighted by Crippen LogP contribution is 2.30. The summed E-state index contributed by atoms with van der Waals surface area (Å²) >= 11 is 0. The van der Waals surface area contributed by atoms with Gasteiger partial charge in [0.1, 0.15) is 0 Å². The van der Waals surface area contributed by atoms with E-state index >= 15 is 0 Å². The van der Waals surface area contributed by atoms with E-state index in [0.717, 1.165) is 6.42 Å². The molecule has 0 bridgehead atoms. The van der Waals surface area contributed by atoms with Gasteiger partial charge >= 0.3 is 6.61 Å². The number of hydrogen-bond donors (Lipinski definition) is 1. The van der Waals surface area contributed by atoms with E-state index in [1.54, 1.807) is 24.3 Å². The van der Waals surface area contributed by atoms with Gasteiger partial charge < -0.3 is 24.3 Å². The van der Waals surface area contributed by atoms with Crippen LogP contribution < -0.4 is 24.3 Å². The van der Waals surface area contributed by atoms with Crippen molar-refractivity contribution in [3.63, 3.8) is 0 Å². The van der Waals surface area contributed by atoms with E-state index in [9.17, 15) is 13.6 Å². The Hall–Kier alpha value is -3.03. The van der Waals surface area contributed by atoms with Crippen LogP contribution in [0.25, 0.3) is 0 Å². The highest BCUT2D eigenvalue weighted by molar-refractivity contribution is 5.94. The fourth-order valence-corrected chi connectivity index (χ4v) is 2.63. The Morgan fingerprint density at radius 1 is 0.967 bits per heavy atom. The van der Waals surface area contributed by atoms with Crippen LogP contribution >= 0.6 is 0 Å². The molecule has 0 aromatic heterocycles. The number of methoxy groups -OCH3 is 2. The van der Waals surface area contributed by atoms with Crippen molar-refractivity contribution in [1.82, 2.24) is 5.32 Å². The third kappa shape index (κ3) is 6.79. The van der Waals surface area contributed by atoms with Gasteiger partial charge in [0, 0.05) is 12.1 Å². The van der Waals surface area contributed by atoms with E-state index in [0.29, 0.717) is 35.2 Å². The minimum Gasteiger partial charge on any atom is -0.493 e. The van der Waals surface area contributed by atoms with Crippen LogP contribution in [-0.4, -0.2) is 33.3 Å². The number of alkyl halides is 2. The summed E-state index contributed by atoms with van der Waals surface area (Å²) in [6.07, 6.45) is 0.913. The van der Waals surface area contributed by atoms with E-state index in [2.05, 4.69) is 23.9 Å². The third-order valence-electron chi connectivity index (χ3n) is 4.28. The van der Waals surface area contributed by atoms with Crippen molar-refractivity contribution < 1.29 is 32.5 Å². The first-order valence-corrected chi connectivity index (χ1v) is 9.54. The average molecular weight is 423 g/mol. The minimum atomic E-state index is -2.95. The van der Waals surface area contributed by atoms with Gasteiger partial charge in [-0.15, -0.1) is 0 Å². The summed E-state index contributed by atoms with van der Waals surface area (Å²) in [7, 11) is 2.87. The molecule has 6 nitrogen and oxygen atoms in total. The molecule has 2 rings (SSSR count). The number of hydrogen-bond acceptors (Lipinski definition) is 5. The largest absolute Gasteiger partial charge is 0.493 e. The predicted octanol–water partition coefficient (Wildman–Crippen LogP) is 4.66. The van der Waals surface area contributed by atoms with Crippen LogP contribution in [0.15, 0.2) is 36.4 Å². The highest BCUT2D eigenvalue weighted by Gasteiger charge is 2.14. The molecule has 0 aliphatic heterocycles. The maximum absolute atomic E-state index is 12.5. The topological polar surface area (TPSA) is 66.0 Å². The zero-order chi connectivity index (χ0) is 22.1. The first-order chi connectivity index (χ1) is 14.3. The molecule has 0 aliphatic carbocycles. The molecule has 0 fully saturated rings. The summed E-state index contributed by atoms with van der Waals surface area (Å²) in [6, 6.07) is 9.45. The van der Waals surface area contributed by atoms with E-state index < -0.39 is 6.61 Å². The monoisotopic (exact) mass is 423 g/mol. The molecule has 0 saturated heterocycles. The lowest BCUT2D eigenvalue weighted by Gasteiger charge is -2.14. The maximum Gasteiger partial charge on any atom is 0.387 e. The van der Waals surface area contributed by atoms with Gasteiger partial charge in [-0.3, -0.25) is 4.79 Å². The standard InChI is InChI=1S/C22H27F2NO5/c1-14(2)9-10-29-17-8-6-16(12-20(17)28-4)21(26)25-13-15-5-7-18(30-22(23)24)19(11-15)27-3/h5-8,11-12,14,22H,9-10,13H2,1-4H3,(H,25,26). The average Bonchev–Trinajstić information content (AvgIpc) is 2.72. The van der Waals surface area contributed by atoms with Crippen LogP contribution in [-0.2, 0) is 6.54 Å². The van der Waals surface area contributed by atoms with Gasteiger partial charge in [-0.2, -0.15) is 8.78 Å². The maximum atomic E-state index is 12.5. The quantitative estimate of drug-likeness (QED) is 0.569. The Morgan fingerprint density at radius 2 is 1.63 bits per heavy atom. The van der Waals surface area contributed by atoms with Gasteiger partial charge in [-0.1, -0.05) is 19.9 Å². The lowest BCUT2D eigenvalue weighted by molar-refractivity contribution is -0.0512. The van der Waals surface area contributed by atoms with Gasteiger partial charge in [0.2, 0.25) is 0 Å². The van der Waals surface area contributed by atoms with Crippen molar-refractivity contribution in [3.8, 4) is 23.0 Å². The zero-order valence-corrected chi connectivity index (χ0v) is 17.5. The summed E-state index contributed by atoms with van der Waals surface area (Å²) < 4.78 is 45.4. The Morgan fingerprint density at radius 3 is 2.27 bits per heavy atom. The summed E-state index contributed by atoms with van der Waals surface area (Å²) in [5.41, 5.74) is 1.08. The number of amides is 1. The number of rotatable bonds is 11. The second-order valence-electron chi connectivity index (χ2n) is 6.94. The molecule has 2 aromatic rings. The third-order valence-corrected chi connectivity index (χ3v) is 4.28. The lowest BCUT2D eigenvalue weighted by atomic mass is 10.1. The molecular formula is C22H27F2NO5. The van der Waals surface area contributed by atoms with Crippen LogP contribution in [0, 0.1) is 5.92 Å². The smallest absolute Gasteiger partial charge is 0.387 e. The second-order valence-corrected chi connectivity index (χ2v) is 6.94. The second kappa shape index (κ2) is 11.2. The normalized spacial score (nSPS) is 10.8.